The fraction of sp³-hybridized carbons (Fsp3) is 0.414. The van der Waals surface area contributed by atoms with Crippen molar-refractivity contribution in [2.24, 2.45) is 0 Å². The van der Waals surface area contributed by atoms with E-state index in [1.807, 2.05) is 25.9 Å². The van der Waals surface area contributed by atoms with E-state index in [-0.39, 0.29) is 42.5 Å². The van der Waals surface area contributed by atoms with Gasteiger partial charge in [-0.2, -0.15) is 8.99 Å². The van der Waals surface area contributed by atoms with Gasteiger partial charge in [0.1, 0.15) is 24.0 Å². The second kappa shape index (κ2) is 14.3. The maximum Gasteiger partial charge on any atom is 0.434 e. The number of nitrogens with zero attached hydrogens (tertiary/aromatic N) is 4. The van der Waals surface area contributed by atoms with Gasteiger partial charge < -0.3 is 29.7 Å². The highest BCUT2D eigenvalue weighted by Gasteiger charge is 2.35. The lowest BCUT2D eigenvalue weighted by atomic mass is 10.1. The van der Waals surface area contributed by atoms with Crippen molar-refractivity contribution in [2.75, 3.05) is 65.3 Å². The van der Waals surface area contributed by atoms with E-state index < -0.39 is 38.6 Å². The number of fused-ring (bicyclic) bond motifs is 1. The maximum absolute atomic E-state index is 13.9. The van der Waals surface area contributed by atoms with E-state index in [4.69, 9.17) is 14.2 Å². The van der Waals surface area contributed by atoms with Crippen LogP contribution < -0.4 is 15.4 Å². The second-order valence-corrected chi connectivity index (χ2v) is 12.6. The Kier molecular flexibility index (Phi) is 10.7. The van der Waals surface area contributed by atoms with Gasteiger partial charge in [0.15, 0.2) is 5.82 Å². The maximum atomic E-state index is 13.9. The molecular weight excluding hydrogens is 614 g/mol. The molecule has 1 aliphatic heterocycles. The number of ether oxygens (including phenoxy) is 3. The average molecular weight is 651 g/mol. The molecule has 16 heteroatoms. The predicted molar refractivity (Wildman–Crippen MR) is 161 cm³/mol. The van der Waals surface area contributed by atoms with E-state index in [0.717, 1.165) is 28.2 Å². The van der Waals surface area contributed by atoms with Gasteiger partial charge in [-0.05, 0) is 45.3 Å². The summed E-state index contributed by atoms with van der Waals surface area (Å²) in [6, 6.07) is 6.74. The summed E-state index contributed by atoms with van der Waals surface area (Å²) in [4.78, 5) is 27.6. The topological polar surface area (TPSA) is 144 Å². The van der Waals surface area contributed by atoms with E-state index >= 15 is 0 Å². The van der Waals surface area contributed by atoms with E-state index in [9.17, 15) is 26.8 Å². The van der Waals surface area contributed by atoms with Gasteiger partial charge in [-0.25, -0.2) is 22.0 Å². The number of likely N-dealkylation sites (N-methyl/N-ethyl adjacent to an activating group) is 1. The third kappa shape index (κ3) is 7.94. The molecule has 2 N–H and O–H groups in total. The Labute approximate surface area is 260 Å². The zero-order valence-electron chi connectivity index (χ0n) is 25.6. The van der Waals surface area contributed by atoms with Crippen LogP contribution in [0, 0.1) is 11.6 Å². The Bertz CT molecular complexity index is 1640. The molecule has 1 amide bonds. The lowest BCUT2D eigenvalue weighted by Crippen LogP contribution is -2.37. The molecule has 0 aliphatic carbocycles. The van der Waals surface area contributed by atoms with Crippen molar-refractivity contribution in [2.45, 2.75) is 30.8 Å². The van der Waals surface area contributed by atoms with Crippen LogP contribution in [0.15, 0.2) is 41.3 Å². The van der Waals surface area contributed by atoms with Crippen LogP contribution >= 0.6 is 0 Å². The Balaban J connectivity index is 1.67. The Hall–Kier alpha value is -4.12. The first-order valence-electron chi connectivity index (χ1n) is 14.0. The van der Waals surface area contributed by atoms with Crippen molar-refractivity contribution in [3.8, 4) is 5.75 Å². The van der Waals surface area contributed by atoms with Crippen molar-refractivity contribution in [1.29, 1.82) is 0 Å². The van der Waals surface area contributed by atoms with E-state index in [1.54, 1.807) is 25.3 Å². The number of methoxy groups -OCH3 is 2. The molecule has 0 saturated heterocycles. The zero-order chi connectivity index (χ0) is 32.9. The largest absolute Gasteiger partial charge is 0.492 e. The van der Waals surface area contributed by atoms with Crippen LogP contribution in [-0.4, -0.2) is 100 Å². The first kappa shape index (κ1) is 33.8. The molecule has 0 spiro atoms. The minimum Gasteiger partial charge on any atom is -0.492 e. The first-order chi connectivity index (χ1) is 21.3. The fourth-order valence-corrected chi connectivity index (χ4v) is 6.22. The average Bonchev–Trinajstić information content (AvgIpc) is 3.33. The number of carbonyl (C=O) groups excluding carboxylic acids is 2. The van der Waals surface area contributed by atoms with Crippen molar-refractivity contribution in [1.82, 2.24) is 19.0 Å². The Morgan fingerprint density at radius 1 is 1.11 bits per heavy atom. The minimum atomic E-state index is -4.36. The fourth-order valence-electron chi connectivity index (χ4n) is 4.77. The number of carbonyl (C=O) groups is 2. The van der Waals surface area contributed by atoms with E-state index in [0.29, 0.717) is 43.0 Å². The van der Waals surface area contributed by atoms with Gasteiger partial charge >= 0.3 is 6.09 Å². The van der Waals surface area contributed by atoms with Gasteiger partial charge in [-0.1, -0.05) is 0 Å². The van der Waals surface area contributed by atoms with Crippen molar-refractivity contribution >= 4 is 33.5 Å². The standard InChI is InChI=1S/C29H36F2N6O7S/c1-18(17-42-4)32-25-15-21(44-11-10-35(2)3)6-7-23(25)28(38)33-27-24-16-36(9-8-26(24)37(34-27)29(39)43-5)45(40,41)22-13-19(30)12-20(31)14-22/h6-7,12-15,18,32H,8-11,16-17H2,1-5H3,(H,33,34,38)/t18-/m0/s1. The number of amides is 1. The molecule has 0 fully saturated rings. The molecule has 1 atom stereocenters. The molecular formula is C29H36F2N6O7S. The van der Waals surface area contributed by atoms with Gasteiger partial charge in [0, 0.05) is 56.9 Å². The van der Waals surface area contributed by atoms with Crippen LogP contribution in [0.4, 0.5) is 25.1 Å². The number of benzene rings is 2. The highest BCUT2D eigenvalue weighted by Crippen LogP contribution is 2.32. The summed E-state index contributed by atoms with van der Waals surface area (Å²) in [7, 11) is 2.21. The summed E-state index contributed by atoms with van der Waals surface area (Å²) in [5.74, 6) is -2.24. The van der Waals surface area contributed by atoms with Crippen molar-refractivity contribution in [3.63, 3.8) is 0 Å². The number of aromatic nitrogens is 2. The molecule has 45 heavy (non-hydrogen) atoms. The molecule has 0 saturated carbocycles. The van der Waals surface area contributed by atoms with Crippen LogP contribution in [-0.2, 0) is 32.5 Å². The SMILES string of the molecule is COC[C@H](C)Nc1cc(OCCN(C)C)ccc1C(=O)Nc1nn(C(=O)OC)c2c1CN(S(=O)(=O)c1cc(F)cc(F)c1)CC2. The second-order valence-electron chi connectivity index (χ2n) is 10.7. The van der Waals surface area contributed by atoms with Crippen molar-refractivity contribution in [3.05, 3.63) is 64.9 Å². The molecule has 1 aliphatic rings. The van der Waals surface area contributed by atoms with Crippen LogP contribution in [0.3, 0.4) is 0 Å². The normalized spacial score (nSPS) is 14.1. The van der Waals surface area contributed by atoms with Crippen LogP contribution in [0.5, 0.6) is 5.75 Å². The summed E-state index contributed by atoms with van der Waals surface area (Å²) in [5, 5.41) is 10.2. The molecule has 0 unspecified atom stereocenters. The monoisotopic (exact) mass is 650 g/mol. The lowest BCUT2D eigenvalue weighted by molar-refractivity contribution is 0.102. The summed E-state index contributed by atoms with van der Waals surface area (Å²) in [6.07, 6.45) is -0.838. The molecule has 0 radical (unpaired) electrons. The molecule has 0 bridgehead atoms. The molecule has 3 aromatic rings. The Morgan fingerprint density at radius 3 is 2.47 bits per heavy atom. The van der Waals surface area contributed by atoms with Gasteiger partial charge in [0.25, 0.3) is 5.91 Å². The number of sulfonamides is 1. The van der Waals surface area contributed by atoms with Gasteiger partial charge in [-0.15, -0.1) is 5.10 Å². The molecule has 2 aromatic carbocycles. The number of anilines is 2. The van der Waals surface area contributed by atoms with Crippen LogP contribution in [0.1, 0.15) is 28.5 Å². The highest BCUT2D eigenvalue weighted by atomic mass is 32.2. The molecule has 244 valence electrons. The number of halogens is 2. The molecule has 1 aromatic heterocycles. The third-order valence-electron chi connectivity index (χ3n) is 6.94. The van der Waals surface area contributed by atoms with Crippen molar-refractivity contribution < 1.29 is 41.0 Å². The number of hydrogen-bond donors (Lipinski definition) is 2. The minimum absolute atomic E-state index is 0.00462. The Morgan fingerprint density at radius 2 is 1.82 bits per heavy atom. The zero-order valence-corrected chi connectivity index (χ0v) is 26.4. The summed E-state index contributed by atoms with van der Waals surface area (Å²) >= 11 is 0. The van der Waals surface area contributed by atoms with Gasteiger partial charge in [0.2, 0.25) is 10.0 Å². The number of hydrogen-bond acceptors (Lipinski definition) is 10. The van der Waals surface area contributed by atoms with E-state index in [2.05, 4.69) is 15.7 Å². The number of nitrogens with one attached hydrogen (secondary N) is 2. The summed E-state index contributed by atoms with van der Waals surface area (Å²) in [5.41, 5.74) is 1.21. The van der Waals surface area contributed by atoms with Crippen LogP contribution in [0.25, 0.3) is 0 Å². The summed E-state index contributed by atoms with van der Waals surface area (Å²) in [6.45, 7) is 2.87. The lowest BCUT2D eigenvalue weighted by Gasteiger charge is -2.27. The molecule has 13 nitrogen and oxygen atoms in total. The molecule has 4 rings (SSSR count). The third-order valence-corrected chi connectivity index (χ3v) is 8.76. The van der Waals surface area contributed by atoms with Crippen LogP contribution in [0.2, 0.25) is 0 Å². The highest BCUT2D eigenvalue weighted by molar-refractivity contribution is 7.89. The molecule has 2 heterocycles. The smallest absolute Gasteiger partial charge is 0.434 e. The summed E-state index contributed by atoms with van der Waals surface area (Å²) < 4.78 is 72.3. The van der Waals surface area contributed by atoms with Gasteiger partial charge in [0.05, 0.1) is 35.6 Å². The first-order valence-corrected chi connectivity index (χ1v) is 15.4. The predicted octanol–water partition coefficient (Wildman–Crippen LogP) is 3.16. The quantitative estimate of drug-likeness (QED) is 0.300. The van der Waals surface area contributed by atoms with Gasteiger partial charge in [-0.3, -0.25) is 4.79 Å². The number of rotatable bonds is 12. The van der Waals surface area contributed by atoms with E-state index in [1.165, 1.54) is 0 Å².